The van der Waals surface area contributed by atoms with Crippen LogP contribution in [0.4, 0.5) is 5.69 Å². The number of primary amides is 1. The van der Waals surface area contributed by atoms with E-state index in [0.29, 0.717) is 53.7 Å². The van der Waals surface area contributed by atoms with E-state index in [1.54, 1.807) is 29.2 Å². The number of ether oxygens (including phenoxy) is 2. The van der Waals surface area contributed by atoms with E-state index in [0.717, 1.165) is 0 Å². The van der Waals surface area contributed by atoms with E-state index in [2.05, 4.69) is 5.32 Å². The van der Waals surface area contributed by atoms with Crippen LogP contribution in [-0.4, -0.2) is 49.9 Å². The lowest BCUT2D eigenvalue weighted by Crippen LogP contribution is -2.41. The zero-order valence-electron chi connectivity index (χ0n) is 17.3. The van der Waals surface area contributed by atoms with Crippen LogP contribution < -0.4 is 20.5 Å². The van der Waals surface area contributed by atoms with Gasteiger partial charge in [0.25, 0.3) is 5.91 Å². The first kappa shape index (κ1) is 22.4. The van der Waals surface area contributed by atoms with Gasteiger partial charge >= 0.3 is 0 Å². The van der Waals surface area contributed by atoms with E-state index >= 15 is 0 Å². The number of halogens is 1. The van der Waals surface area contributed by atoms with Crippen molar-refractivity contribution in [3.05, 3.63) is 52.5 Å². The van der Waals surface area contributed by atoms with Crippen molar-refractivity contribution in [2.24, 2.45) is 11.7 Å². The van der Waals surface area contributed by atoms with Crippen LogP contribution >= 0.6 is 11.6 Å². The molecule has 0 saturated carbocycles. The van der Waals surface area contributed by atoms with Crippen LogP contribution in [0.3, 0.4) is 0 Å². The van der Waals surface area contributed by atoms with Gasteiger partial charge in [-0.25, -0.2) is 0 Å². The standard InChI is InChI=1S/C22H24ClN3O5/c1-30-18-6-4-15(23)12-16(18)22(29)26-9-7-13(8-10-26)21(28)25-17-11-14(20(24)27)3-5-19(17)31-2/h3-6,11-13H,7-10H2,1-2H3,(H2,24,27)(H,25,28). The number of rotatable bonds is 6. The van der Waals surface area contributed by atoms with Gasteiger partial charge in [-0.2, -0.15) is 0 Å². The first-order valence-electron chi connectivity index (χ1n) is 9.75. The number of nitrogens with one attached hydrogen (secondary N) is 1. The predicted octanol–water partition coefficient (Wildman–Crippen LogP) is 2.95. The monoisotopic (exact) mass is 445 g/mol. The Balaban J connectivity index is 1.65. The fourth-order valence-corrected chi connectivity index (χ4v) is 3.73. The summed E-state index contributed by atoms with van der Waals surface area (Å²) < 4.78 is 10.5. The molecule has 9 heteroatoms. The second-order valence-corrected chi connectivity index (χ2v) is 7.62. The zero-order valence-corrected chi connectivity index (χ0v) is 18.1. The summed E-state index contributed by atoms with van der Waals surface area (Å²) in [6.45, 7) is 0.843. The molecule has 8 nitrogen and oxygen atoms in total. The fraction of sp³-hybridized carbons (Fsp3) is 0.318. The van der Waals surface area contributed by atoms with Crippen LogP contribution in [0.2, 0.25) is 5.02 Å². The lowest BCUT2D eigenvalue weighted by Gasteiger charge is -2.31. The van der Waals surface area contributed by atoms with Crippen molar-refractivity contribution in [2.75, 3.05) is 32.6 Å². The summed E-state index contributed by atoms with van der Waals surface area (Å²) in [5, 5.41) is 3.26. The van der Waals surface area contributed by atoms with Crippen molar-refractivity contribution in [3.8, 4) is 11.5 Å². The maximum absolute atomic E-state index is 12.9. The molecule has 0 aromatic heterocycles. The number of hydrogen-bond acceptors (Lipinski definition) is 5. The molecule has 3 amide bonds. The highest BCUT2D eigenvalue weighted by molar-refractivity contribution is 6.31. The predicted molar refractivity (Wildman–Crippen MR) is 117 cm³/mol. The third-order valence-electron chi connectivity index (χ3n) is 5.29. The summed E-state index contributed by atoms with van der Waals surface area (Å²) >= 11 is 6.04. The molecule has 1 heterocycles. The molecule has 1 fully saturated rings. The van der Waals surface area contributed by atoms with E-state index < -0.39 is 5.91 Å². The summed E-state index contributed by atoms with van der Waals surface area (Å²) in [7, 11) is 2.97. The first-order valence-corrected chi connectivity index (χ1v) is 10.1. The van der Waals surface area contributed by atoms with Gasteiger partial charge in [-0.3, -0.25) is 14.4 Å². The van der Waals surface area contributed by atoms with Gasteiger partial charge in [0, 0.05) is 29.6 Å². The highest BCUT2D eigenvalue weighted by Gasteiger charge is 2.29. The number of hydrogen-bond donors (Lipinski definition) is 2. The number of nitrogens with two attached hydrogens (primary N) is 1. The van der Waals surface area contributed by atoms with Crippen molar-refractivity contribution < 1.29 is 23.9 Å². The summed E-state index contributed by atoms with van der Waals surface area (Å²) in [5.74, 6) is -0.384. The molecule has 3 rings (SSSR count). The zero-order chi connectivity index (χ0) is 22.5. The molecule has 0 spiro atoms. The molecule has 2 aromatic carbocycles. The second kappa shape index (κ2) is 9.70. The van der Waals surface area contributed by atoms with Crippen LogP contribution in [0.15, 0.2) is 36.4 Å². The average molecular weight is 446 g/mol. The highest BCUT2D eigenvalue weighted by atomic mass is 35.5. The lowest BCUT2D eigenvalue weighted by atomic mass is 9.95. The lowest BCUT2D eigenvalue weighted by molar-refractivity contribution is -0.121. The van der Waals surface area contributed by atoms with Gasteiger partial charge in [-0.1, -0.05) is 11.6 Å². The number of carbonyl (C=O) groups excluding carboxylic acids is 3. The number of carbonyl (C=O) groups is 3. The molecule has 1 aliphatic rings. The van der Waals surface area contributed by atoms with Crippen molar-refractivity contribution in [2.45, 2.75) is 12.8 Å². The number of nitrogens with zero attached hydrogens (tertiary/aromatic N) is 1. The van der Waals surface area contributed by atoms with Crippen molar-refractivity contribution >= 4 is 35.0 Å². The summed E-state index contributed by atoms with van der Waals surface area (Å²) in [6.07, 6.45) is 0.997. The van der Waals surface area contributed by atoms with E-state index in [9.17, 15) is 14.4 Å². The van der Waals surface area contributed by atoms with Gasteiger partial charge in [-0.05, 0) is 49.2 Å². The molecule has 3 N–H and O–H groups in total. The van der Waals surface area contributed by atoms with Gasteiger partial charge in [0.2, 0.25) is 11.8 Å². The SMILES string of the molecule is COc1ccc(C(N)=O)cc1NC(=O)C1CCN(C(=O)c2cc(Cl)ccc2OC)CC1. The van der Waals surface area contributed by atoms with E-state index in [1.165, 1.54) is 26.4 Å². The van der Waals surface area contributed by atoms with Gasteiger partial charge < -0.3 is 25.4 Å². The maximum atomic E-state index is 12.9. The number of likely N-dealkylation sites (tertiary alicyclic amines) is 1. The number of anilines is 1. The minimum atomic E-state index is -0.596. The number of piperidine rings is 1. The van der Waals surface area contributed by atoms with E-state index in [1.807, 2.05) is 0 Å². The molecular weight excluding hydrogens is 422 g/mol. The summed E-state index contributed by atoms with van der Waals surface area (Å²) in [5.41, 5.74) is 6.37. The molecule has 0 unspecified atom stereocenters. The van der Waals surface area contributed by atoms with Gasteiger partial charge in [-0.15, -0.1) is 0 Å². The molecule has 0 aliphatic carbocycles. The van der Waals surface area contributed by atoms with E-state index in [4.69, 9.17) is 26.8 Å². The molecule has 1 aliphatic heterocycles. The molecule has 0 atom stereocenters. The summed E-state index contributed by atoms with van der Waals surface area (Å²) in [6, 6.07) is 9.50. The van der Waals surface area contributed by atoms with Crippen LogP contribution in [0.5, 0.6) is 11.5 Å². The topological polar surface area (TPSA) is 111 Å². The third kappa shape index (κ3) is 5.08. The molecule has 0 radical (unpaired) electrons. The Bertz CT molecular complexity index is 1000. The molecule has 0 bridgehead atoms. The number of benzene rings is 2. The summed E-state index contributed by atoms with van der Waals surface area (Å²) in [4.78, 5) is 38.8. The van der Waals surface area contributed by atoms with Gasteiger partial charge in [0.05, 0.1) is 25.5 Å². The quantitative estimate of drug-likeness (QED) is 0.710. The molecule has 164 valence electrons. The first-order chi connectivity index (χ1) is 14.8. The van der Waals surface area contributed by atoms with Gasteiger partial charge in [0.15, 0.2) is 0 Å². The third-order valence-corrected chi connectivity index (χ3v) is 5.52. The molecule has 2 aromatic rings. The Labute approximate surface area is 185 Å². The minimum absolute atomic E-state index is 0.186. The van der Waals surface area contributed by atoms with E-state index in [-0.39, 0.29) is 23.3 Å². The van der Waals surface area contributed by atoms with Crippen LogP contribution in [-0.2, 0) is 4.79 Å². The normalized spacial score (nSPS) is 14.1. The van der Waals surface area contributed by atoms with Crippen molar-refractivity contribution in [1.29, 1.82) is 0 Å². The van der Waals surface area contributed by atoms with Crippen molar-refractivity contribution in [1.82, 2.24) is 4.90 Å². The Morgan fingerprint density at radius 3 is 2.29 bits per heavy atom. The molecule has 1 saturated heterocycles. The number of methoxy groups -OCH3 is 2. The number of amides is 3. The largest absolute Gasteiger partial charge is 0.496 e. The maximum Gasteiger partial charge on any atom is 0.257 e. The Morgan fingerprint density at radius 1 is 1.03 bits per heavy atom. The average Bonchev–Trinajstić information content (AvgIpc) is 2.78. The second-order valence-electron chi connectivity index (χ2n) is 7.18. The Hall–Kier alpha value is -3.26. The fourth-order valence-electron chi connectivity index (χ4n) is 3.56. The van der Waals surface area contributed by atoms with Crippen molar-refractivity contribution in [3.63, 3.8) is 0 Å². The van der Waals surface area contributed by atoms with Gasteiger partial charge in [0.1, 0.15) is 11.5 Å². The smallest absolute Gasteiger partial charge is 0.257 e. The Kier molecular flexibility index (Phi) is 7.02. The highest BCUT2D eigenvalue weighted by Crippen LogP contribution is 2.29. The minimum Gasteiger partial charge on any atom is -0.496 e. The van der Waals surface area contributed by atoms with Crippen LogP contribution in [0.1, 0.15) is 33.6 Å². The van der Waals surface area contributed by atoms with Crippen LogP contribution in [0, 0.1) is 5.92 Å². The molecular formula is C22H24ClN3O5. The van der Waals surface area contributed by atoms with Crippen LogP contribution in [0.25, 0.3) is 0 Å². The molecule has 31 heavy (non-hydrogen) atoms. The Morgan fingerprint density at radius 2 is 1.68 bits per heavy atom.